The van der Waals surface area contributed by atoms with E-state index >= 15 is 0 Å². The molecule has 0 radical (unpaired) electrons. The van der Waals surface area contributed by atoms with Gasteiger partial charge in [0.05, 0.1) is 12.2 Å². The van der Waals surface area contributed by atoms with Crippen molar-refractivity contribution in [3.05, 3.63) is 12.2 Å². The average Bonchev–Trinajstić information content (AvgIpc) is 3.36. The van der Waals surface area contributed by atoms with Crippen molar-refractivity contribution in [3.63, 3.8) is 0 Å². The summed E-state index contributed by atoms with van der Waals surface area (Å²) in [5.41, 5.74) is -0.536. The number of hydrogen-bond donors (Lipinski definition) is 1. The number of allylic oxidation sites excluding steroid dienone is 2. The number of amides is 1. The molecule has 2 saturated heterocycles. The summed E-state index contributed by atoms with van der Waals surface area (Å²) >= 11 is 2.10. The Hall–Kier alpha value is -0.960. The lowest BCUT2D eigenvalue weighted by atomic mass is 9.75. The second-order valence-electron chi connectivity index (χ2n) is 10.2. The first kappa shape index (κ1) is 27.3. The van der Waals surface area contributed by atoms with Crippen LogP contribution < -0.4 is 0 Å². The predicted octanol–water partition coefficient (Wildman–Crippen LogP) is 6.48. The number of carbonyl (C=O) groups excluding carboxylic acids is 1. The third-order valence-corrected chi connectivity index (χ3v) is 8.31. The van der Waals surface area contributed by atoms with Crippen LogP contribution in [0, 0.1) is 29.6 Å². The SMILES string of the molecule is C#CCCCCCSCCCC[C@@H]1[C@H](C/C=C\CCC(C)(C)C(=O)N(C)O)[C@@H]2CC[C@H]1O2. The minimum absolute atomic E-state index is 0.227. The number of hydroxylamine groups is 2. The van der Waals surface area contributed by atoms with Crippen LogP contribution in [0.4, 0.5) is 0 Å². The van der Waals surface area contributed by atoms with E-state index in [1.807, 2.05) is 13.8 Å². The van der Waals surface area contributed by atoms with E-state index < -0.39 is 5.41 Å². The summed E-state index contributed by atoms with van der Waals surface area (Å²) in [6.07, 6.45) is 24.5. The Morgan fingerprint density at radius 1 is 1.12 bits per heavy atom. The third kappa shape index (κ3) is 8.76. The zero-order chi connectivity index (χ0) is 23.4. The highest BCUT2D eigenvalue weighted by Crippen LogP contribution is 2.47. The van der Waals surface area contributed by atoms with Crippen LogP contribution in [0.25, 0.3) is 0 Å². The molecule has 1 N–H and O–H groups in total. The Labute approximate surface area is 200 Å². The van der Waals surface area contributed by atoms with Crippen LogP contribution >= 0.6 is 11.8 Å². The molecule has 0 aliphatic carbocycles. The molecule has 0 spiro atoms. The monoisotopic (exact) mass is 463 g/mol. The van der Waals surface area contributed by atoms with Gasteiger partial charge in [-0.25, -0.2) is 5.06 Å². The summed E-state index contributed by atoms with van der Waals surface area (Å²) in [7, 11) is 1.40. The second kappa shape index (κ2) is 14.3. The van der Waals surface area contributed by atoms with Gasteiger partial charge >= 0.3 is 0 Å². The van der Waals surface area contributed by atoms with Gasteiger partial charge in [0, 0.05) is 18.9 Å². The number of rotatable bonds is 16. The molecule has 4 atom stereocenters. The quantitative estimate of drug-likeness (QED) is 0.0936. The molecule has 2 fully saturated rings. The first-order valence-electron chi connectivity index (χ1n) is 12.7. The topological polar surface area (TPSA) is 49.8 Å². The molecule has 2 rings (SSSR count). The van der Waals surface area contributed by atoms with E-state index in [1.54, 1.807) is 0 Å². The van der Waals surface area contributed by atoms with Crippen LogP contribution in [-0.2, 0) is 9.53 Å². The number of carbonyl (C=O) groups is 1. The lowest BCUT2D eigenvalue weighted by molar-refractivity contribution is -0.169. The molecule has 5 heteroatoms. The van der Waals surface area contributed by atoms with Gasteiger partial charge in [-0.2, -0.15) is 11.8 Å². The maximum Gasteiger partial charge on any atom is 0.251 e. The van der Waals surface area contributed by atoms with Crippen molar-refractivity contribution >= 4 is 17.7 Å². The molecule has 0 aromatic heterocycles. The largest absolute Gasteiger partial charge is 0.374 e. The third-order valence-electron chi connectivity index (χ3n) is 7.16. The van der Waals surface area contributed by atoms with Crippen LogP contribution in [0.2, 0.25) is 0 Å². The van der Waals surface area contributed by atoms with Crippen molar-refractivity contribution in [2.75, 3.05) is 18.6 Å². The Morgan fingerprint density at radius 3 is 2.50 bits per heavy atom. The first-order valence-corrected chi connectivity index (χ1v) is 13.8. The highest BCUT2D eigenvalue weighted by molar-refractivity contribution is 7.99. The number of nitrogens with zero attached hydrogens (tertiary/aromatic N) is 1. The average molecular weight is 464 g/mol. The van der Waals surface area contributed by atoms with Crippen LogP contribution in [0.3, 0.4) is 0 Å². The fourth-order valence-corrected chi connectivity index (χ4v) is 6.27. The molecule has 0 saturated carbocycles. The van der Waals surface area contributed by atoms with E-state index in [0.717, 1.165) is 25.7 Å². The highest BCUT2D eigenvalue weighted by Gasteiger charge is 2.47. The smallest absolute Gasteiger partial charge is 0.251 e. The van der Waals surface area contributed by atoms with E-state index in [4.69, 9.17) is 11.2 Å². The van der Waals surface area contributed by atoms with E-state index in [1.165, 1.54) is 69.9 Å². The normalized spacial score (nSPS) is 24.8. The molecule has 182 valence electrons. The lowest BCUT2D eigenvalue weighted by Gasteiger charge is -2.27. The van der Waals surface area contributed by atoms with Crippen molar-refractivity contribution in [2.24, 2.45) is 17.3 Å². The summed E-state index contributed by atoms with van der Waals surface area (Å²) in [5, 5.41) is 10.1. The summed E-state index contributed by atoms with van der Waals surface area (Å²) < 4.78 is 6.28. The van der Waals surface area contributed by atoms with Crippen LogP contribution in [0.5, 0.6) is 0 Å². The summed E-state index contributed by atoms with van der Waals surface area (Å²) in [6, 6.07) is 0. The second-order valence-corrected chi connectivity index (χ2v) is 11.4. The zero-order valence-corrected chi connectivity index (χ0v) is 21.4. The molecule has 0 aromatic carbocycles. The summed E-state index contributed by atoms with van der Waals surface area (Å²) in [6.45, 7) is 3.79. The van der Waals surface area contributed by atoms with Gasteiger partial charge in [0.25, 0.3) is 5.91 Å². The van der Waals surface area contributed by atoms with Gasteiger partial charge in [-0.15, -0.1) is 12.3 Å². The number of ether oxygens (including phenoxy) is 1. The molecular weight excluding hydrogens is 418 g/mol. The van der Waals surface area contributed by atoms with Crippen molar-refractivity contribution in [3.8, 4) is 12.3 Å². The Kier molecular flexibility index (Phi) is 12.2. The number of thioether (sulfide) groups is 1. The minimum atomic E-state index is -0.536. The Bertz CT molecular complexity index is 625. The first-order chi connectivity index (χ1) is 15.4. The van der Waals surface area contributed by atoms with Crippen molar-refractivity contribution in [1.29, 1.82) is 0 Å². The van der Waals surface area contributed by atoms with E-state index in [-0.39, 0.29) is 5.91 Å². The molecule has 0 aromatic rings. The zero-order valence-electron chi connectivity index (χ0n) is 20.6. The molecule has 1 amide bonds. The Balaban J connectivity index is 1.62. The van der Waals surface area contributed by atoms with E-state index in [2.05, 4.69) is 29.8 Å². The maximum atomic E-state index is 12.0. The van der Waals surface area contributed by atoms with E-state index in [0.29, 0.717) is 29.1 Å². The van der Waals surface area contributed by atoms with Gasteiger partial charge in [-0.05, 0) is 81.1 Å². The van der Waals surface area contributed by atoms with Crippen LogP contribution in [0.15, 0.2) is 12.2 Å². The molecule has 0 unspecified atom stereocenters. The fraction of sp³-hybridized carbons (Fsp3) is 0.815. The van der Waals surface area contributed by atoms with Crippen LogP contribution in [-0.4, -0.2) is 46.9 Å². The molecule has 32 heavy (non-hydrogen) atoms. The van der Waals surface area contributed by atoms with E-state index in [9.17, 15) is 10.0 Å². The standard InChI is InChI=1S/C27H45NO3S/c1-5-6-7-8-13-20-32-21-14-11-16-23-22(24-17-18-25(23)31-24)15-10-9-12-19-27(2,3)26(29)28(4)30/h1,9-10,22-25,30H,6-8,11-21H2,2-4H3/b10-9-/t22-,23+,24-,25+/m0/s1. The molecule has 4 nitrogen and oxygen atoms in total. The fourth-order valence-electron chi connectivity index (χ4n) is 5.25. The number of hydrogen-bond acceptors (Lipinski definition) is 4. The van der Waals surface area contributed by atoms with Gasteiger partial charge in [0.1, 0.15) is 0 Å². The molecule has 2 heterocycles. The van der Waals surface area contributed by atoms with Gasteiger partial charge in [-0.1, -0.05) is 38.8 Å². The van der Waals surface area contributed by atoms with Crippen molar-refractivity contribution in [2.45, 2.75) is 103 Å². The van der Waals surface area contributed by atoms with Gasteiger partial charge in [0.15, 0.2) is 0 Å². The number of fused-ring (bicyclic) bond motifs is 2. The Morgan fingerprint density at radius 2 is 1.81 bits per heavy atom. The number of terminal acetylenes is 1. The minimum Gasteiger partial charge on any atom is -0.374 e. The maximum absolute atomic E-state index is 12.0. The predicted molar refractivity (Wildman–Crippen MR) is 135 cm³/mol. The lowest BCUT2D eigenvalue weighted by Crippen LogP contribution is -2.36. The summed E-state index contributed by atoms with van der Waals surface area (Å²) in [4.78, 5) is 12.0. The molecular formula is C27H45NO3S. The highest BCUT2D eigenvalue weighted by atomic mass is 32.2. The van der Waals surface area contributed by atoms with Crippen molar-refractivity contribution < 1.29 is 14.7 Å². The summed E-state index contributed by atoms with van der Waals surface area (Å²) in [5.74, 6) is 6.41. The van der Waals surface area contributed by atoms with Crippen molar-refractivity contribution in [1.82, 2.24) is 5.06 Å². The van der Waals surface area contributed by atoms with Crippen LogP contribution in [0.1, 0.15) is 90.9 Å². The molecule has 2 aliphatic rings. The number of unbranched alkanes of at least 4 members (excludes halogenated alkanes) is 4. The van der Waals surface area contributed by atoms with Gasteiger partial charge in [-0.3, -0.25) is 10.0 Å². The molecule has 2 aliphatic heterocycles. The van der Waals surface area contributed by atoms with Gasteiger partial charge < -0.3 is 4.74 Å². The molecule has 2 bridgehead atoms. The van der Waals surface area contributed by atoms with Gasteiger partial charge in [0.2, 0.25) is 0 Å².